The van der Waals surface area contributed by atoms with Crippen LogP contribution in [0.4, 0.5) is 0 Å². The Morgan fingerprint density at radius 2 is 1.80 bits per heavy atom. The zero-order valence-electron chi connectivity index (χ0n) is 15.9. The highest BCUT2D eigenvalue weighted by Crippen LogP contribution is 2.65. The average Bonchev–Trinajstić information content (AvgIpc) is 3.07. The summed E-state index contributed by atoms with van der Waals surface area (Å²) < 4.78 is 2.66. The van der Waals surface area contributed by atoms with E-state index in [1.807, 2.05) is 0 Å². The molecule has 0 N–H and O–H groups in total. The molecule has 0 bridgehead atoms. The average molecular weight is 335 g/mol. The predicted octanol–water partition coefficient (Wildman–Crippen LogP) is 5.33. The Hall–Kier alpha value is -1.57. The first-order valence-corrected chi connectivity index (χ1v) is 9.92. The molecule has 1 aromatic carbocycles. The summed E-state index contributed by atoms with van der Waals surface area (Å²) in [7, 11) is 0. The molecule has 2 heterocycles. The Labute approximate surface area is 150 Å². The Balaban J connectivity index is 1.66. The number of para-hydroxylation sites is 1. The van der Waals surface area contributed by atoms with Crippen LogP contribution < -0.4 is 0 Å². The fourth-order valence-corrected chi connectivity index (χ4v) is 7.22. The number of aromatic nitrogens is 1. The maximum absolute atomic E-state index is 12.6. The summed E-state index contributed by atoms with van der Waals surface area (Å²) >= 11 is 0. The van der Waals surface area contributed by atoms with Crippen molar-refractivity contribution in [3.63, 3.8) is 0 Å². The van der Waals surface area contributed by atoms with Gasteiger partial charge in [0.05, 0.1) is 0 Å². The van der Waals surface area contributed by atoms with Gasteiger partial charge in [0.25, 0.3) is 0 Å². The van der Waals surface area contributed by atoms with E-state index in [9.17, 15) is 4.79 Å². The zero-order chi connectivity index (χ0) is 17.6. The molecule has 0 amide bonds. The molecular formula is C23H29NO. The van der Waals surface area contributed by atoms with Crippen LogP contribution >= 0.6 is 0 Å². The minimum atomic E-state index is -0.159. The number of fused-ring (bicyclic) bond motifs is 7. The maximum Gasteiger partial charge on any atom is 0.138 e. The van der Waals surface area contributed by atoms with Gasteiger partial charge < -0.3 is 4.57 Å². The lowest BCUT2D eigenvalue weighted by Gasteiger charge is -2.60. The fraction of sp³-hybridized carbons (Fsp3) is 0.609. The summed E-state index contributed by atoms with van der Waals surface area (Å²) in [5.41, 5.74) is 3.21. The molecule has 132 valence electrons. The molecule has 1 aromatic heterocycles. The highest BCUT2D eigenvalue weighted by molar-refractivity contribution is 5.86. The van der Waals surface area contributed by atoms with Gasteiger partial charge in [-0.3, -0.25) is 4.79 Å². The SMILES string of the molecule is CC1(C)C(=O)CC[C@@]2(C)[C@H]1CC[C@]1(C)[C@H]2Cc2cc3ccccc3n21. The molecule has 0 spiro atoms. The quantitative estimate of drug-likeness (QED) is 0.637. The highest BCUT2D eigenvalue weighted by Gasteiger charge is 2.63. The summed E-state index contributed by atoms with van der Waals surface area (Å²) in [4.78, 5) is 12.6. The lowest BCUT2D eigenvalue weighted by Crippen LogP contribution is -2.58. The Morgan fingerprint density at radius 1 is 1.04 bits per heavy atom. The lowest BCUT2D eigenvalue weighted by atomic mass is 9.45. The van der Waals surface area contributed by atoms with E-state index in [0.29, 0.717) is 17.6 Å². The number of carbonyl (C=O) groups excluding carboxylic acids is 1. The second-order valence-electron chi connectivity index (χ2n) is 9.89. The van der Waals surface area contributed by atoms with E-state index in [4.69, 9.17) is 0 Å². The summed E-state index contributed by atoms with van der Waals surface area (Å²) in [5, 5.41) is 1.38. The van der Waals surface area contributed by atoms with E-state index < -0.39 is 0 Å². The summed E-state index contributed by atoms with van der Waals surface area (Å²) in [6.07, 6.45) is 5.38. The first-order valence-electron chi connectivity index (χ1n) is 9.92. The number of nitrogens with zero attached hydrogens (tertiary/aromatic N) is 1. The van der Waals surface area contributed by atoms with Crippen molar-refractivity contribution in [1.29, 1.82) is 0 Å². The van der Waals surface area contributed by atoms with Crippen LogP contribution in [0, 0.1) is 22.7 Å². The second-order valence-corrected chi connectivity index (χ2v) is 9.89. The van der Waals surface area contributed by atoms with Gasteiger partial charge in [-0.1, -0.05) is 39.0 Å². The zero-order valence-corrected chi connectivity index (χ0v) is 15.9. The van der Waals surface area contributed by atoms with Crippen molar-refractivity contribution in [2.75, 3.05) is 0 Å². The predicted molar refractivity (Wildman–Crippen MR) is 102 cm³/mol. The molecule has 4 atom stereocenters. The van der Waals surface area contributed by atoms with E-state index >= 15 is 0 Å². The largest absolute Gasteiger partial charge is 0.338 e. The topological polar surface area (TPSA) is 22.0 Å². The lowest BCUT2D eigenvalue weighted by molar-refractivity contribution is -0.154. The smallest absolute Gasteiger partial charge is 0.138 e. The van der Waals surface area contributed by atoms with E-state index in [1.54, 1.807) is 0 Å². The molecule has 1 aliphatic heterocycles. The van der Waals surface area contributed by atoms with Gasteiger partial charge in [-0.15, -0.1) is 0 Å². The first kappa shape index (κ1) is 15.7. The standard InChI is InChI=1S/C23H29NO/c1-21(2)18-9-12-23(4)19(22(18,3)11-10-20(21)25)14-16-13-15-7-5-6-8-17(15)24(16)23/h5-8,13,18-19H,9-12,14H2,1-4H3/t18-,19-,22-,23+/m0/s1. The molecule has 2 fully saturated rings. The number of hydrogen-bond acceptors (Lipinski definition) is 1. The van der Waals surface area contributed by atoms with Crippen molar-refractivity contribution in [2.45, 2.75) is 65.3 Å². The monoisotopic (exact) mass is 335 g/mol. The number of Topliss-reactive ketones (excluding diaryl/α,β-unsaturated/α-hetero) is 1. The van der Waals surface area contributed by atoms with Crippen molar-refractivity contribution in [2.24, 2.45) is 22.7 Å². The number of ketones is 1. The van der Waals surface area contributed by atoms with Crippen LogP contribution in [0.15, 0.2) is 30.3 Å². The van der Waals surface area contributed by atoms with Crippen LogP contribution in [-0.2, 0) is 16.8 Å². The molecule has 25 heavy (non-hydrogen) atoms. The number of hydrogen-bond donors (Lipinski definition) is 0. The van der Waals surface area contributed by atoms with E-state index in [0.717, 1.165) is 12.8 Å². The molecule has 2 aromatic rings. The highest BCUT2D eigenvalue weighted by atomic mass is 16.1. The molecule has 2 aliphatic carbocycles. The van der Waals surface area contributed by atoms with Crippen LogP contribution in [-0.4, -0.2) is 10.4 Å². The summed E-state index contributed by atoms with van der Waals surface area (Å²) in [5.74, 6) is 1.66. The maximum atomic E-state index is 12.6. The molecule has 0 radical (unpaired) electrons. The van der Waals surface area contributed by atoms with Gasteiger partial charge in [-0.05, 0) is 67.4 Å². The Bertz CT molecular complexity index is 891. The van der Waals surface area contributed by atoms with Gasteiger partial charge >= 0.3 is 0 Å². The molecule has 0 unspecified atom stereocenters. The van der Waals surface area contributed by atoms with Gasteiger partial charge in [0.15, 0.2) is 0 Å². The van der Waals surface area contributed by atoms with Crippen LogP contribution in [0.5, 0.6) is 0 Å². The third-order valence-electron chi connectivity index (χ3n) is 8.47. The van der Waals surface area contributed by atoms with Gasteiger partial charge in [-0.2, -0.15) is 0 Å². The number of rotatable bonds is 0. The van der Waals surface area contributed by atoms with E-state index in [1.165, 1.54) is 35.9 Å². The summed E-state index contributed by atoms with van der Waals surface area (Å²) in [6.45, 7) is 9.42. The van der Waals surface area contributed by atoms with Crippen molar-refractivity contribution < 1.29 is 4.79 Å². The first-order chi connectivity index (χ1) is 11.8. The van der Waals surface area contributed by atoms with Crippen LogP contribution in [0.2, 0.25) is 0 Å². The van der Waals surface area contributed by atoms with Crippen LogP contribution in [0.1, 0.15) is 59.1 Å². The molecular weight excluding hydrogens is 306 g/mol. The van der Waals surface area contributed by atoms with Crippen molar-refractivity contribution in [3.8, 4) is 0 Å². The third-order valence-corrected chi connectivity index (χ3v) is 8.47. The van der Waals surface area contributed by atoms with Crippen LogP contribution in [0.25, 0.3) is 10.9 Å². The van der Waals surface area contributed by atoms with Gasteiger partial charge in [-0.25, -0.2) is 0 Å². The molecule has 2 saturated carbocycles. The molecule has 2 nitrogen and oxygen atoms in total. The molecule has 5 rings (SSSR count). The number of benzene rings is 1. The fourth-order valence-electron chi connectivity index (χ4n) is 7.22. The normalized spacial score (nSPS) is 39.1. The number of carbonyl (C=O) groups is 1. The van der Waals surface area contributed by atoms with Crippen molar-refractivity contribution >= 4 is 16.7 Å². The van der Waals surface area contributed by atoms with Crippen LogP contribution in [0.3, 0.4) is 0 Å². The third kappa shape index (κ3) is 1.74. The Morgan fingerprint density at radius 3 is 2.60 bits per heavy atom. The van der Waals surface area contributed by atoms with Gasteiger partial charge in [0.1, 0.15) is 5.78 Å². The molecule has 0 saturated heterocycles. The molecule has 2 heteroatoms. The Kier molecular flexibility index (Phi) is 2.87. The molecule has 3 aliphatic rings. The van der Waals surface area contributed by atoms with Gasteiger partial charge in [0, 0.05) is 28.6 Å². The minimum Gasteiger partial charge on any atom is -0.338 e. The van der Waals surface area contributed by atoms with E-state index in [2.05, 4.69) is 62.6 Å². The van der Waals surface area contributed by atoms with Crippen molar-refractivity contribution in [3.05, 3.63) is 36.0 Å². The van der Waals surface area contributed by atoms with Crippen molar-refractivity contribution in [1.82, 2.24) is 4.57 Å². The van der Waals surface area contributed by atoms with E-state index in [-0.39, 0.29) is 16.4 Å². The minimum absolute atomic E-state index is 0.159. The summed E-state index contributed by atoms with van der Waals surface area (Å²) in [6, 6.07) is 11.3. The van der Waals surface area contributed by atoms with Gasteiger partial charge in [0.2, 0.25) is 0 Å². The second kappa shape index (κ2) is 4.58.